The smallest absolute Gasteiger partial charge is 0.325 e. The molecule has 2 amide bonds. The van der Waals surface area contributed by atoms with Gasteiger partial charge in [0.25, 0.3) is 0 Å². The van der Waals surface area contributed by atoms with Crippen LogP contribution >= 0.6 is 27.3 Å². The number of rotatable bonds is 3. The molecule has 7 heteroatoms. The molecule has 3 aromatic rings. The highest BCUT2D eigenvalue weighted by atomic mass is 79.9. The molecule has 0 fully saturated rings. The highest BCUT2D eigenvalue weighted by Gasteiger charge is 2.09. The molecule has 0 bridgehead atoms. The lowest BCUT2D eigenvalue weighted by molar-refractivity contribution is 0.262. The maximum Gasteiger partial charge on any atom is 0.325 e. The topological polar surface area (TPSA) is 63.2 Å². The zero-order chi connectivity index (χ0) is 15.5. The van der Waals surface area contributed by atoms with Gasteiger partial charge >= 0.3 is 6.03 Å². The summed E-state index contributed by atoms with van der Waals surface area (Å²) in [5, 5.41) is 6.04. The summed E-state index contributed by atoms with van der Waals surface area (Å²) in [7, 11) is 1.60. The van der Waals surface area contributed by atoms with Gasteiger partial charge in [-0.05, 0) is 52.3 Å². The summed E-state index contributed by atoms with van der Waals surface area (Å²) in [6.07, 6.45) is 0. The second-order valence-corrected chi connectivity index (χ2v) is 6.30. The zero-order valence-corrected chi connectivity index (χ0v) is 14.0. The SMILES string of the molecule is COc1ccc(NC(=O)Nc2nc3c(Br)cccc3s2)cc1. The number of para-hydroxylation sites is 1. The van der Waals surface area contributed by atoms with Crippen LogP contribution < -0.4 is 15.4 Å². The molecule has 0 saturated heterocycles. The van der Waals surface area contributed by atoms with Crippen molar-refractivity contribution in [2.24, 2.45) is 0 Å². The van der Waals surface area contributed by atoms with Crippen LogP contribution in [0.2, 0.25) is 0 Å². The Kier molecular flexibility index (Phi) is 4.26. The number of nitrogens with zero attached hydrogens (tertiary/aromatic N) is 1. The van der Waals surface area contributed by atoms with E-state index in [1.807, 2.05) is 18.2 Å². The van der Waals surface area contributed by atoms with E-state index >= 15 is 0 Å². The molecule has 0 radical (unpaired) electrons. The van der Waals surface area contributed by atoms with E-state index in [1.54, 1.807) is 31.4 Å². The molecule has 0 aliphatic heterocycles. The summed E-state index contributed by atoms with van der Waals surface area (Å²) in [6.45, 7) is 0. The number of carbonyl (C=O) groups is 1. The van der Waals surface area contributed by atoms with Crippen LogP contribution in [0.4, 0.5) is 15.6 Å². The van der Waals surface area contributed by atoms with Crippen molar-refractivity contribution in [3.05, 3.63) is 46.9 Å². The number of anilines is 2. The summed E-state index contributed by atoms with van der Waals surface area (Å²) in [4.78, 5) is 16.4. The van der Waals surface area contributed by atoms with Crippen LogP contribution in [0.1, 0.15) is 0 Å². The van der Waals surface area contributed by atoms with Gasteiger partial charge in [0.1, 0.15) is 5.75 Å². The van der Waals surface area contributed by atoms with Gasteiger partial charge < -0.3 is 10.1 Å². The van der Waals surface area contributed by atoms with Crippen LogP contribution in [-0.4, -0.2) is 18.1 Å². The Balaban J connectivity index is 1.71. The minimum absolute atomic E-state index is 0.333. The number of benzene rings is 2. The summed E-state index contributed by atoms with van der Waals surface area (Å²) < 4.78 is 6.99. The van der Waals surface area contributed by atoms with E-state index in [0.29, 0.717) is 10.8 Å². The summed E-state index contributed by atoms with van der Waals surface area (Å²) >= 11 is 4.87. The van der Waals surface area contributed by atoms with Crippen molar-refractivity contribution in [1.29, 1.82) is 0 Å². The van der Waals surface area contributed by atoms with Crippen molar-refractivity contribution in [1.82, 2.24) is 4.98 Å². The second-order valence-electron chi connectivity index (χ2n) is 4.41. The number of ether oxygens (including phenoxy) is 1. The lowest BCUT2D eigenvalue weighted by atomic mass is 10.3. The summed E-state index contributed by atoms with van der Waals surface area (Å²) in [5.74, 6) is 0.738. The fourth-order valence-corrected chi connectivity index (χ4v) is 3.38. The van der Waals surface area contributed by atoms with Crippen LogP contribution in [0.25, 0.3) is 10.2 Å². The third-order valence-electron chi connectivity index (χ3n) is 2.94. The normalized spacial score (nSPS) is 10.5. The maximum absolute atomic E-state index is 12.0. The van der Waals surface area contributed by atoms with Gasteiger partial charge in [-0.1, -0.05) is 17.4 Å². The summed E-state index contributed by atoms with van der Waals surface area (Å²) in [5.41, 5.74) is 1.52. The third kappa shape index (κ3) is 3.20. The Hall–Kier alpha value is -2.12. The van der Waals surface area contributed by atoms with E-state index < -0.39 is 0 Å². The molecule has 0 spiro atoms. The van der Waals surface area contributed by atoms with Gasteiger partial charge in [0.15, 0.2) is 5.13 Å². The molecule has 0 atom stereocenters. The predicted octanol–water partition coefficient (Wildman–Crippen LogP) is 4.71. The number of amides is 2. The Bertz CT molecular complexity index is 817. The number of hydrogen-bond acceptors (Lipinski definition) is 4. The van der Waals surface area contributed by atoms with Crippen LogP contribution in [0.3, 0.4) is 0 Å². The molecule has 1 aromatic heterocycles. The average Bonchev–Trinajstić information content (AvgIpc) is 2.92. The van der Waals surface area contributed by atoms with Crippen LogP contribution in [-0.2, 0) is 0 Å². The van der Waals surface area contributed by atoms with Crippen molar-refractivity contribution >= 4 is 54.3 Å². The van der Waals surface area contributed by atoms with Crippen molar-refractivity contribution in [3.8, 4) is 5.75 Å². The zero-order valence-electron chi connectivity index (χ0n) is 11.6. The summed E-state index contributed by atoms with van der Waals surface area (Å²) in [6, 6.07) is 12.6. The molecule has 112 valence electrons. The Morgan fingerprint density at radius 1 is 1.18 bits per heavy atom. The quantitative estimate of drug-likeness (QED) is 0.694. The first kappa shape index (κ1) is 14.8. The number of hydrogen-bond donors (Lipinski definition) is 2. The van der Waals surface area contributed by atoms with Crippen molar-refractivity contribution in [2.45, 2.75) is 0 Å². The van der Waals surface area contributed by atoms with E-state index in [9.17, 15) is 4.79 Å². The highest BCUT2D eigenvalue weighted by Crippen LogP contribution is 2.30. The molecule has 0 saturated carbocycles. The molecule has 1 heterocycles. The molecule has 2 N–H and O–H groups in total. The van der Waals surface area contributed by atoms with Crippen molar-refractivity contribution < 1.29 is 9.53 Å². The number of halogens is 1. The molecule has 3 rings (SSSR count). The van der Waals surface area contributed by atoms with E-state index in [-0.39, 0.29) is 6.03 Å². The lowest BCUT2D eigenvalue weighted by Gasteiger charge is -2.06. The maximum atomic E-state index is 12.0. The first-order chi connectivity index (χ1) is 10.7. The average molecular weight is 378 g/mol. The molecular formula is C15H12BrN3O2S. The molecule has 0 unspecified atom stereocenters. The Morgan fingerprint density at radius 3 is 2.64 bits per heavy atom. The van der Waals surface area contributed by atoms with Crippen molar-refractivity contribution in [2.75, 3.05) is 17.7 Å². The Labute approximate surface area is 139 Å². The molecule has 2 aromatic carbocycles. The van der Waals surface area contributed by atoms with Gasteiger partial charge in [-0.3, -0.25) is 5.32 Å². The van der Waals surface area contributed by atoms with Gasteiger partial charge in [-0.15, -0.1) is 0 Å². The number of aromatic nitrogens is 1. The number of fused-ring (bicyclic) bond motifs is 1. The van der Waals surface area contributed by atoms with E-state index in [2.05, 4.69) is 31.5 Å². The van der Waals surface area contributed by atoms with E-state index in [1.165, 1.54) is 11.3 Å². The number of thiazole rings is 1. The molecule has 5 nitrogen and oxygen atoms in total. The van der Waals surface area contributed by atoms with Gasteiger partial charge in [0, 0.05) is 10.2 Å². The monoisotopic (exact) mass is 377 g/mol. The predicted molar refractivity (Wildman–Crippen MR) is 93.0 cm³/mol. The molecular weight excluding hydrogens is 366 g/mol. The number of nitrogens with one attached hydrogen (secondary N) is 2. The first-order valence-corrected chi connectivity index (χ1v) is 8.04. The van der Waals surface area contributed by atoms with Crippen molar-refractivity contribution in [3.63, 3.8) is 0 Å². The van der Waals surface area contributed by atoms with Gasteiger partial charge in [-0.2, -0.15) is 0 Å². The van der Waals surface area contributed by atoms with Gasteiger partial charge in [-0.25, -0.2) is 9.78 Å². The minimum atomic E-state index is -0.333. The first-order valence-electron chi connectivity index (χ1n) is 6.43. The van der Waals surface area contributed by atoms with E-state index in [4.69, 9.17) is 4.74 Å². The number of methoxy groups -OCH3 is 1. The fourth-order valence-electron chi connectivity index (χ4n) is 1.90. The third-order valence-corrected chi connectivity index (χ3v) is 4.51. The molecule has 0 aliphatic carbocycles. The molecule has 0 aliphatic rings. The van der Waals surface area contributed by atoms with Crippen LogP contribution in [0.15, 0.2) is 46.9 Å². The molecule has 22 heavy (non-hydrogen) atoms. The Morgan fingerprint density at radius 2 is 1.95 bits per heavy atom. The van der Waals surface area contributed by atoms with Gasteiger partial charge in [0.2, 0.25) is 0 Å². The minimum Gasteiger partial charge on any atom is -0.497 e. The van der Waals surface area contributed by atoms with Gasteiger partial charge in [0.05, 0.1) is 17.3 Å². The van der Waals surface area contributed by atoms with Crippen LogP contribution in [0, 0.1) is 0 Å². The second kappa shape index (κ2) is 6.33. The lowest BCUT2D eigenvalue weighted by Crippen LogP contribution is -2.19. The fraction of sp³-hybridized carbons (Fsp3) is 0.0667. The number of urea groups is 1. The standard InChI is InChI=1S/C15H12BrN3O2S/c1-21-10-7-5-9(6-8-10)17-14(20)19-15-18-13-11(16)3-2-4-12(13)22-15/h2-8H,1H3,(H2,17,18,19,20). The van der Waals surface area contributed by atoms with E-state index in [0.717, 1.165) is 20.4 Å². The highest BCUT2D eigenvalue weighted by molar-refractivity contribution is 9.10. The largest absolute Gasteiger partial charge is 0.497 e. The van der Waals surface area contributed by atoms with Crippen LogP contribution in [0.5, 0.6) is 5.75 Å². The number of carbonyl (C=O) groups excluding carboxylic acids is 1.